The van der Waals surface area contributed by atoms with Gasteiger partial charge < -0.3 is 15.7 Å². The van der Waals surface area contributed by atoms with Gasteiger partial charge in [0.2, 0.25) is 0 Å². The number of hydrogen-bond donors (Lipinski definition) is 2. The van der Waals surface area contributed by atoms with Gasteiger partial charge in [-0.1, -0.05) is 20.8 Å². The second-order valence-corrected chi connectivity index (χ2v) is 5.63. The van der Waals surface area contributed by atoms with E-state index in [1.54, 1.807) is 0 Å². The molecule has 1 aromatic heterocycles. The standard InChI is InChI=1S/C14H23N3O/c1-9(2)11-6-16-5-4-13(11)17-7-10(3)14(18)12(15)8-17/h4-6,9-10,12,14,18H,7-8,15H2,1-3H3/t10-,12+,14+/m0/s1. The van der Waals surface area contributed by atoms with Crippen LogP contribution in [0.1, 0.15) is 32.3 Å². The minimum absolute atomic E-state index is 0.179. The highest BCUT2D eigenvalue weighted by atomic mass is 16.3. The average molecular weight is 249 g/mol. The van der Waals surface area contributed by atoms with Crippen LogP contribution >= 0.6 is 0 Å². The monoisotopic (exact) mass is 249 g/mol. The van der Waals surface area contributed by atoms with E-state index in [9.17, 15) is 5.11 Å². The van der Waals surface area contributed by atoms with Gasteiger partial charge in [0.25, 0.3) is 0 Å². The third-order valence-corrected chi connectivity index (χ3v) is 3.75. The van der Waals surface area contributed by atoms with Gasteiger partial charge >= 0.3 is 0 Å². The first-order valence-corrected chi connectivity index (χ1v) is 6.63. The lowest BCUT2D eigenvalue weighted by molar-refractivity contribution is 0.0784. The van der Waals surface area contributed by atoms with Gasteiger partial charge in [-0.3, -0.25) is 4.98 Å². The van der Waals surface area contributed by atoms with Gasteiger partial charge in [0.1, 0.15) is 0 Å². The first-order chi connectivity index (χ1) is 8.50. The summed E-state index contributed by atoms with van der Waals surface area (Å²) < 4.78 is 0. The lowest BCUT2D eigenvalue weighted by atomic mass is 9.91. The first kappa shape index (κ1) is 13.3. The highest BCUT2D eigenvalue weighted by Gasteiger charge is 2.31. The molecule has 0 aliphatic carbocycles. The van der Waals surface area contributed by atoms with Crippen molar-refractivity contribution in [3.8, 4) is 0 Å². The summed E-state index contributed by atoms with van der Waals surface area (Å²) >= 11 is 0. The largest absolute Gasteiger partial charge is 0.391 e. The zero-order valence-corrected chi connectivity index (χ0v) is 11.4. The maximum atomic E-state index is 9.93. The Kier molecular flexibility index (Phi) is 3.88. The van der Waals surface area contributed by atoms with Crippen LogP contribution in [-0.4, -0.2) is 35.3 Å². The summed E-state index contributed by atoms with van der Waals surface area (Å²) in [6, 6.07) is 1.87. The number of aliphatic hydroxyl groups excluding tert-OH is 1. The summed E-state index contributed by atoms with van der Waals surface area (Å²) in [6.45, 7) is 7.94. The molecular formula is C14H23N3O. The minimum Gasteiger partial charge on any atom is -0.391 e. The molecule has 1 aliphatic heterocycles. The van der Waals surface area contributed by atoms with Gasteiger partial charge in [0, 0.05) is 43.1 Å². The van der Waals surface area contributed by atoms with Gasteiger partial charge in [-0.15, -0.1) is 0 Å². The number of pyridine rings is 1. The lowest BCUT2D eigenvalue weighted by Gasteiger charge is -2.40. The second-order valence-electron chi connectivity index (χ2n) is 5.63. The Balaban J connectivity index is 2.27. The summed E-state index contributed by atoms with van der Waals surface area (Å²) in [5.41, 5.74) is 8.46. The number of hydrogen-bond acceptors (Lipinski definition) is 4. The van der Waals surface area contributed by atoms with Crippen molar-refractivity contribution in [3.63, 3.8) is 0 Å². The molecule has 0 spiro atoms. The number of anilines is 1. The second kappa shape index (κ2) is 5.24. The maximum Gasteiger partial charge on any atom is 0.0750 e. The van der Waals surface area contributed by atoms with E-state index in [0.29, 0.717) is 12.5 Å². The van der Waals surface area contributed by atoms with Gasteiger partial charge in [-0.25, -0.2) is 0 Å². The van der Waals surface area contributed by atoms with E-state index < -0.39 is 6.10 Å². The number of aliphatic hydroxyl groups is 1. The smallest absolute Gasteiger partial charge is 0.0750 e. The lowest BCUT2D eigenvalue weighted by Crippen LogP contribution is -2.55. The molecule has 2 heterocycles. The molecular weight excluding hydrogens is 226 g/mol. The van der Waals surface area contributed by atoms with Crippen molar-refractivity contribution < 1.29 is 5.11 Å². The van der Waals surface area contributed by atoms with E-state index in [1.165, 1.54) is 11.3 Å². The van der Waals surface area contributed by atoms with Crippen molar-refractivity contribution in [3.05, 3.63) is 24.0 Å². The topological polar surface area (TPSA) is 62.4 Å². The van der Waals surface area contributed by atoms with Gasteiger partial charge in [0.15, 0.2) is 0 Å². The third kappa shape index (κ3) is 2.49. The number of aromatic nitrogens is 1. The third-order valence-electron chi connectivity index (χ3n) is 3.75. The molecule has 4 nitrogen and oxygen atoms in total. The molecule has 0 unspecified atom stereocenters. The fraction of sp³-hybridized carbons (Fsp3) is 0.643. The minimum atomic E-state index is -0.398. The van der Waals surface area contributed by atoms with E-state index in [4.69, 9.17) is 5.73 Å². The number of piperidine rings is 1. The number of nitrogens with two attached hydrogens (primary N) is 1. The number of nitrogens with zero attached hydrogens (tertiary/aromatic N) is 2. The summed E-state index contributed by atoms with van der Waals surface area (Å²) in [7, 11) is 0. The van der Waals surface area contributed by atoms with E-state index in [0.717, 1.165) is 6.54 Å². The number of rotatable bonds is 2. The van der Waals surface area contributed by atoms with Crippen molar-refractivity contribution in [2.24, 2.45) is 11.7 Å². The Morgan fingerprint density at radius 3 is 2.78 bits per heavy atom. The predicted octanol–water partition coefficient (Wildman–Crippen LogP) is 1.35. The average Bonchev–Trinajstić information content (AvgIpc) is 2.35. The first-order valence-electron chi connectivity index (χ1n) is 6.63. The van der Waals surface area contributed by atoms with Crippen molar-refractivity contribution in [1.29, 1.82) is 0 Å². The molecule has 3 atom stereocenters. The zero-order chi connectivity index (χ0) is 13.3. The van der Waals surface area contributed by atoms with Crippen LogP contribution in [0.2, 0.25) is 0 Å². The van der Waals surface area contributed by atoms with Crippen molar-refractivity contribution in [1.82, 2.24) is 4.98 Å². The molecule has 0 radical (unpaired) electrons. The maximum absolute atomic E-state index is 9.93. The quantitative estimate of drug-likeness (QED) is 0.830. The predicted molar refractivity (Wildman–Crippen MR) is 73.7 cm³/mol. The Bertz CT molecular complexity index is 396. The van der Waals surface area contributed by atoms with Crippen LogP contribution in [-0.2, 0) is 0 Å². The van der Waals surface area contributed by atoms with Crippen LogP contribution < -0.4 is 10.6 Å². The Morgan fingerprint density at radius 1 is 1.44 bits per heavy atom. The SMILES string of the molecule is CC(C)c1cnccc1N1C[C@@H](N)[C@H](O)[C@@H](C)C1. The van der Waals surface area contributed by atoms with Crippen LogP contribution in [0.25, 0.3) is 0 Å². The Labute approximate surface area is 109 Å². The molecule has 4 heteroatoms. The molecule has 1 aliphatic rings. The van der Waals surface area contributed by atoms with Crippen LogP contribution in [0, 0.1) is 5.92 Å². The molecule has 2 rings (SSSR count). The summed E-state index contributed by atoms with van der Waals surface area (Å²) in [4.78, 5) is 6.48. The van der Waals surface area contributed by atoms with Gasteiger partial charge in [-0.2, -0.15) is 0 Å². The van der Waals surface area contributed by atoms with Crippen molar-refractivity contribution in [2.45, 2.75) is 38.8 Å². The molecule has 3 N–H and O–H groups in total. The molecule has 18 heavy (non-hydrogen) atoms. The fourth-order valence-corrected chi connectivity index (χ4v) is 2.64. The van der Waals surface area contributed by atoms with Crippen LogP contribution in [0.5, 0.6) is 0 Å². The Morgan fingerprint density at radius 2 is 2.17 bits per heavy atom. The highest BCUT2D eigenvalue weighted by molar-refractivity contribution is 5.54. The highest BCUT2D eigenvalue weighted by Crippen LogP contribution is 2.29. The molecule has 0 aromatic carbocycles. The van der Waals surface area contributed by atoms with Crippen LogP contribution in [0.3, 0.4) is 0 Å². The molecule has 1 aromatic rings. The van der Waals surface area contributed by atoms with E-state index in [-0.39, 0.29) is 12.0 Å². The Hall–Kier alpha value is -1.13. The van der Waals surface area contributed by atoms with E-state index in [1.807, 2.05) is 25.4 Å². The normalized spacial score (nSPS) is 28.8. The van der Waals surface area contributed by atoms with Gasteiger partial charge in [0.05, 0.1) is 6.10 Å². The van der Waals surface area contributed by atoms with E-state index in [2.05, 4.69) is 23.7 Å². The van der Waals surface area contributed by atoms with Crippen molar-refractivity contribution >= 4 is 5.69 Å². The molecule has 0 saturated carbocycles. The van der Waals surface area contributed by atoms with Crippen LogP contribution in [0.15, 0.2) is 18.5 Å². The zero-order valence-electron chi connectivity index (χ0n) is 11.4. The van der Waals surface area contributed by atoms with Crippen molar-refractivity contribution in [2.75, 3.05) is 18.0 Å². The molecule has 1 saturated heterocycles. The molecule has 0 bridgehead atoms. The summed E-state index contributed by atoms with van der Waals surface area (Å²) in [6.07, 6.45) is 3.36. The summed E-state index contributed by atoms with van der Waals surface area (Å²) in [5.74, 6) is 0.633. The van der Waals surface area contributed by atoms with Gasteiger partial charge in [-0.05, 0) is 17.5 Å². The summed E-state index contributed by atoms with van der Waals surface area (Å²) in [5, 5.41) is 9.93. The fourth-order valence-electron chi connectivity index (χ4n) is 2.64. The molecule has 1 fully saturated rings. The molecule has 100 valence electrons. The van der Waals surface area contributed by atoms with Crippen LogP contribution in [0.4, 0.5) is 5.69 Å². The molecule has 0 amide bonds. The van der Waals surface area contributed by atoms with E-state index >= 15 is 0 Å².